The summed E-state index contributed by atoms with van der Waals surface area (Å²) in [5, 5.41) is 8.80. The Morgan fingerprint density at radius 2 is 1.50 bits per heavy atom. The predicted octanol–water partition coefficient (Wildman–Crippen LogP) is -1.32. The fourth-order valence-corrected chi connectivity index (χ4v) is 3.83. The van der Waals surface area contributed by atoms with Gasteiger partial charge in [-0.3, -0.25) is 4.57 Å². The first kappa shape index (κ1) is 16.4. The number of aliphatic hydroxyl groups is 1. The average Bonchev–Trinajstić information content (AvgIpc) is 1.95. The van der Waals surface area contributed by atoms with Crippen molar-refractivity contribution in [3.05, 3.63) is 0 Å². The summed E-state index contributed by atoms with van der Waals surface area (Å²) in [6.45, 7) is -0.774. The maximum absolute atomic E-state index is 11.0. The van der Waals surface area contributed by atoms with Crippen LogP contribution in [0.1, 0.15) is 0 Å². The fraction of sp³-hybridized carbons (Fsp3) is 1.00. The Kier molecular flexibility index (Phi) is 5.47. The SMILES string of the molecule is NCC(O)P(=O)(O)OP(=O)(O)OP(=O)(O)O. The molecule has 98 valence electrons. The van der Waals surface area contributed by atoms with Crippen LogP contribution in [-0.4, -0.2) is 37.1 Å². The molecule has 0 aromatic heterocycles. The molecule has 0 fully saturated rings. The summed E-state index contributed by atoms with van der Waals surface area (Å²) in [6.07, 6.45) is 0. The third-order valence-electron chi connectivity index (χ3n) is 1.02. The van der Waals surface area contributed by atoms with E-state index in [9.17, 15) is 13.7 Å². The van der Waals surface area contributed by atoms with Crippen LogP contribution in [0.4, 0.5) is 0 Å². The van der Waals surface area contributed by atoms with E-state index in [-0.39, 0.29) is 0 Å². The van der Waals surface area contributed by atoms with Gasteiger partial charge in [-0.1, -0.05) is 0 Å². The summed E-state index contributed by atoms with van der Waals surface area (Å²) in [4.78, 5) is 33.8. The number of phosphoric acid groups is 2. The summed E-state index contributed by atoms with van der Waals surface area (Å²) in [5.74, 6) is -2.19. The Bertz CT molecular complexity index is 372. The molecule has 3 atom stereocenters. The molecule has 0 aromatic carbocycles. The van der Waals surface area contributed by atoms with Crippen LogP contribution in [0.15, 0.2) is 0 Å². The van der Waals surface area contributed by atoms with E-state index in [1.165, 1.54) is 0 Å². The zero-order valence-electron chi connectivity index (χ0n) is 7.48. The van der Waals surface area contributed by atoms with Crippen molar-refractivity contribution in [2.45, 2.75) is 5.85 Å². The predicted molar refractivity (Wildman–Crippen MR) is 48.9 cm³/mol. The first-order valence-corrected chi connectivity index (χ1v) is 8.08. The molecule has 14 heteroatoms. The first-order chi connectivity index (χ1) is 6.90. The van der Waals surface area contributed by atoms with Crippen molar-refractivity contribution in [3.8, 4) is 0 Å². The summed E-state index contributed by atoms with van der Waals surface area (Å²) < 4.78 is 38.7. The molecular formula is C2H10NO10P3. The molecule has 7 N–H and O–H groups in total. The minimum Gasteiger partial charge on any atom is -0.379 e. The maximum Gasteiger partial charge on any atom is 0.488 e. The molecular weight excluding hydrogens is 291 g/mol. The Labute approximate surface area is 89.2 Å². The van der Waals surface area contributed by atoms with Crippen LogP contribution >= 0.6 is 23.2 Å². The highest BCUT2D eigenvalue weighted by molar-refractivity contribution is 7.68. The molecule has 11 nitrogen and oxygen atoms in total. The molecule has 0 aliphatic rings. The Hall–Kier alpha value is 0.370. The molecule has 0 aromatic rings. The van der Waals surface area contributed by atoms with E-state index in [0.717, 1.165) is 0 Å². The molecule has 0 saturated heterocycles. The lowest BCUT2D eigenvalue weighted by atomic mass is 10.7. The lowest BCUT2D eigenvalue weighted by Crippen LogP contribution is -2.20. The Balaban J connectivity index is 4.79. The molecule has 0 radical (unpaired) electrons. The number of aliphatic hydroxyl groups excluding tert-OH is 1. The second-order valence-corrected chi connectivity index (χ2v) is 7.35. The number of hydrogen-bond acceptors (Lipinski definition) is 7. The van der Waals surface area contributed by atoms with E-state index in [0.29, 0.717) is 0 Å². The van der Waals surface area contributed by atoms with Crippen molar-refractivity contribution < 1.29 is 47.0 Å². The average molecular weight is 301 g/mol. The molecule has 0 spiro atoms. The molecule has 16 heavy (non-hydrogen) atoms. The van der Waals surface area contributed by atoms with Gasteiger partial charge in [0, 0.05) is 6.54 Å². The normalized spacial score (nSPS) is 22.1. The second kappa shape index (κ2) is 5.34. The number of hydrogen-bond donors (Lipinski definition) is 6. The third kappa shape index (κ3) is 6.19. The van der Waals surface area contributed by atoms with Crippen LogP contribution in [0.25, 0.3) is 0 Å². The summed E-state index contributed by atoms with van der Waals surface area (Å²) >= 11 is 0. The molecule has 0 heterocycles. The summed E-state index contributed by atoms with van der Waals surface area (Å²) in [7, 11) is -15.9. The monoisotopic (exact) mass is 301 g/mol. The highest BCUT2D eigenvalue weighted by atomic mass is 31.3. The van der Waals surface area contributed by atoms with E-state index in [1.807, 2.05) is 0 Å². The van der Waals surface area contributed by atoms with Crippen LogP contribution in [-0.2, 0) is 22.3 Å². The van der Waals surface area contributed by atoms with Gasteiger partial charge in [0.2, 0.25) is 0 Å². The standard InChI is InChI=1S/C2H10NO10P3/c3-1-2(4)14(5,6)12-16(10,11)13-15(7,8)9/h2,4H,1,3H2,(H,5,6)(H,10,11)(H2,7,8,9). The molecule has 0 saturated carbocycles. The van der Waals surface area contributed by atoms with Gasteiger partial charge in [-0.25, -0.2) is 13.4 Å². The second-order valence-electron chi connectivity index (χ2n) is 2.40. The van der Waals surface area contributed by atoms with Gasteiger partial charge in [-0.15, -0.1) is 0 Å². The molecule has 3 unspecified atom stereocenters. The highest BCUT2D eigenvalue weighted by Crippen LogP contribution is 2.66. The van der Waals surface area contributed by atoms with Gasteiger partial charge >= 0.3 is 23.2 Å². The lowest BCUT2D eigenvalue weighted by Gasteiger charge is -2.19. The third-order valence-corrected chi connectivity index (χ3v) is 5.42. The lowest BCUT2D eigenvalue weighted by molar-refractivity contribution is 0.187. The van der Waals surface area contributed by atoms with Gasteiger partial charge in [-0.05, 0) is 0 Å². The van der Waals surface area contributed by atoms with Gasteiger partial charge in [0.25, 0.3) is 0 Å². The molecule has 0 aliphatic heterocycles. The summed E-state index contributed by atoms with van der Waals surface area (Å²) in [5.41, 5.74) is 4.78. The van der Waals surface area contributed by atoms with E-state index < -0.39 is 35.6 Å². The van der Waals surface area contributed by atoms with Crippen molar-refractivity contribution in [3.63, 3.8) is 0 Å². The van der Waals surface area contributed by atoms with Crippen molar-refractivity contribution in [1.29, 1.82) is 0 Å². The van der Waals surface area contributed by atoms with E-state index in [2.05, 4.69) is 8.62 Å². The Morgan fingerprint density at radius 3 is 1.81 bits per heavy atom. The molecule has 0 aliphatic carbocycles. The van der Waals surface area contributed by atoms with Crippen LogP contribution in [0.2, 0.25) is 0 Å². The molecule has 0 bridgehead atoms. The highest BCUT2D eigenvalue weighted by Gasteiger charge is 2.42. The van der Waals surface area contributed by atoms with Crippen molar-refractivity contribution in [2.24, 2.45) is 5.73 Å². The van der Waals surface area contributed by atoms with E-state index in [4.69, 9.17) is 30.4 Å². The van der Waals surface area contributed by atoms with Gasteiger partial charge < -0.3 is 30.4 Å². The maximum atomic E-state index is 11.0. The van der Waals surface area contributed by atoms with Gasteiger partial charge in [0.1, 0.15) is 0 Å². The first-order valence-electron chi connectivity index (χ1n) is 3.41. The zero-order chi connectivity index (χ0) is 13.2. The van der Waals surface area contributed by atoms with Gasteiger partial charge in [0.05, 0.1) is 0 Å². The summed E-state index contributed by atoms with van der Waals surface area (Å²) in [6, 6.07) is 0. The quantitative estimate of drug-likeness (QED) is 0.318. The topological polar surface area (TPSA) is 197 Å². The van der Waals surface area contributed by atoms with Gasteiger partial charge in [0.15, 0.2) is 5.85 Å². The van der Waals surface area contributed by atoms with E-state index in [1.54, 1.807) is 0 Å². The van der Waals surface area contributed by atoms with Crippen LogP contribution in [0, 0.1) is 0 Å². The van der Waals surface area contributed by atoms with Crippen molar-refractivity contribution in [1.82, 2.24) is 0 Å². The van der Waals surface area contributed by atoms with Crippen LogP contribution < -0.4 is 5.73 Å². The fourth-order valence-electron chi connectivity index (χ4n) is 0.485. The van der Waals surface area contributed by atoms with E-state index >= 15 is 0 Å². The van der Waals surface area contributed by atoms with Crippen molar-refractivity contribution in [2.75, 3.05) is 6.54 Å². The molecule has 0 rings (SSSR count). The minimum atomic E-state index is -5.49. The van der Waals surface area contributed by atoms with Crippen LogP contribution in [0.3, 0.4) is 0 Å². The Morgan fingerprint density at radius 1 is 1.06 bits per heavy atom. The van der Waals surface area contributed by atoms with Crippen molar-refractivity contribution >= 4 is 23.2 Å². The number of nitrogens with two attached hydrogens (primary N) is 1. The molecule has 0 amide bonds. The smallest absolute Gasteiger partial charge is 0.379 e. The number of rotatable bonds is 6. The van der Waals surface area contributed by atoms with Gasteiger partial charge in [-0.2, -0.15) is 4.31 Å². The largest absolute Gasteiger partial charge is 0.488 e. The van der Waals surface area contributed by atoms with Crippen LogP contribution in [0.5, 0.6) is 0 Å². The minimum absolute atomic E-state index is 0.774. The zero-order valence-corrected chi connectivity index (χ0v) is 10.2.